The molecule has 0 unspecified atom stereocenters. The van der Waals surface area contributed by atoms with Crippen molar-refractivity contribution in [3.05, 3.63) is 69.5 Å². The molecule has 3 aromatic rings. The summed E-state index contributed by atoms with van der Waals surface area (Å²) in [6.07, 6.45) is 1.98. The first kappa shape index (κ1) is 20.4. The number of carbonyl (C=O) groups excluding carboxylic acids is 1. The van der Waals surface area contributed by atoms with Crippen LogP contribution in [0.5, 0.6) is 0 Å². The van der Waals surface area contributed by atoms with E-state index >= 15 is 0 Å². The van der Waals surface area contributed by atoms with Gasteiger partial charge in [0.05, 0.1) is 23.2 Å². The molecule has 0 fully saturated rings. The molecule has 1 heterocycles. The highest BCUT2D eigenvalue weighted by Gasteiger charge is 2.13. The van der Waals surface area contributed by atoms with Gasteiger partial charge in [-0.25, -0.2) is 4.98 Å². The van der Waals surface area contributed by atoms with E-state index in [0.717, 1.165) is 18.4 Å². The minimum atomic E-state index is -0.116. The number of hydrogen-bond donors (Lipinski definition) is 1. The van der Waals surface area contributed by atoms with Crippen molar-refractivity contribution in [1.82, 2.24) is 14.9 Å². The molecule has 0 saturated carbocycles. The summed E-state index contributed by atoms with van der Waals surface area (Å²) in [6.45, 7) is 3.11. The van der Waals surface area contributed by atoms with E-state index < -0.39 is 0 Å². The second-order valence-corrected chi connectivity index (χ2v) is 7.80. The molecule has 0 atom stereocenters. The molecule has 0 spiro atoms. The average Bonchev–Trinajstić information content (AvgIpc) is 2.70. The first-order chi connectivity index (χ1) is 13.6. The Bertz CT molecular complexity index is 1020. The lowest BCUT2D eigenvalue weighted by atomic mass is 10.2. The van der Waals surface area contributed by atoms with Crippen molar-refractivity contribution < 1.29 is 4.79 Å². The van der Waals surface area contributed by atoms with Gasteiger partial charge in [0.25, 0.3) is 5.56 Å². The van der Waals surface area contributed by atoms with Gasteiger partial charge >= 0.3 is 0 Å². The Labute approximate surface area is 173 Å². The lowest BCUT2D eigenvalue weighted by Crippen LogP contribution is -2.28. The summed E-state index contributed by atoms with van der Waals surface area (Å²) < 4.78 is 1.62. The van der Waals surface area contributed by atoms with Gasteiger partial charge in [-0.1, -0.05) is 61.0 Å². The molecule has 5 nitrogen and oxygen atoms in total. The predicted octanol–water partition coefficient (Wildman–Crippen LogP) is 4.11. The quantitative estimate of drug-likeness (QED) is 0.341. The number of amides is 1. The number of para-hydroxylation sites is 1. The molecule has 2 aromatic carbocycles. The van der Waals surface area contributed by atoms with Gasteiger partial charge in [-0.3, -0.25) is 14.2 Å². The van der Waals surface area contributed by atoms with Gasteiger partial charge in [0, 0.05) is 11.6 Å². The highest BCUT2D eigenvalue weighted by atomic mass is 35.5. The Balaban J connectivity index is 1.89. The number of aromatic nitrogens is 2. The summed E-state index contributed by atoms with van der Waals surface area (Å²) in [6, 6.07) is 14.6. The highest BCUT2D eigenvalue weighted by molar-refractivity contribution is 7.99. The fourth-order valence-electron chi connectivity index (χ4n) is 2.76. The van der Waals surface area contributed by atoms with Crippen LogP contribution < -0.4 is 10.9 Å². The van der Waals surface area contributed by atoms with E-state index in [1.54, 1.807) is 22.8 Å². The maximum atomic E-state index is 13.1. The van der Waals surface area contributed by atoms with Crippen LogP contribution in [-0.2, 0) is 11.3 Å². The summed E-state index contributed by atoms with van der Waals surface area (Å²) in [7, 11) is 0. The lowest BCUT2D eigenvalue weighted by molar-refractivity contribution is -0.118. The topological polar surface area (TPSA) is 64.0 Å². The van der Waals surface area contributed by atoms with Crippen molar-refractivity contribution in [2.45, 2.75) is 31.5 Å². The molecular weight excluding hydrogens is 394 g/mol. The Morgan fingerprint density at radius 1 is 1.18 bits per heavy atom. The number of nitrogens with zero attached hydrogens (tertiary/aromatic N) is 2. The molecule has 1 aromatic heterocycles. The number of fused-ring (bicyclic) bond motifs is 1. The van der Waals surface area contributed by atoms with Crippen molar-refractivity contribution in [2.75, 3.05) is 12.3 Å². The molecule has 1 amide bonds. The predicted molar refractivity (Wildman–Crippen MR) is 115 cm³/mol. The van der Waals surface area contributed by atoms with E-state index in [0.29, 0.717) is 34.2 Å². The number of unbranched alkanes of at least 4 members (excludes halogenated alkanes) is 1. The van der Waals surface area contributed by atoms with E-state index in [9.17, 15) is 9.59 Å². The van der Waals surface area contributed by atoms with Crippen molar-refractivity contribution in [2.24, 2.45) is 0 Å². The van der Waals surface area contributed by atoms with Crippen LogP contribution in [0.2, 0.25) is 5.02 Å². The number of benzene rings is 2. The van der Waals surface area contributed by atoms with E-state index in [1.165, 1.54) is 11.8 Å². The monoisotopic (exact) mass is 415 g/mol. The van der Waals surface area contributed by atoms with Crippen LogP contribution >= 0.6 is 23.4 Å². The number of carbonyl (C=O) groups is 1. The van der Waals surface area contributed by atoms with Crippen molar-refractivity contribution in [3.63, 3.8) is 0 Å². The van der Waals surface area contributed by atoms with Gasteiger partial charge in [0.2, 0.25) is 5.91 Å². The molecular formula is C21H22ClN3O2S. The molecule has 1 N–H and O–H groups in total. The Morgan fingerprint density at radius 2 is 1.93 bits per heavy atom. The summed E-state index contributed by atoms with van der Waals surface area (Å²) in [5.74, 6) is 0.161. The Morgan fingerprint density at radius 3 is 2.68 bits per heavy atom. The van der Waals surface area contributed by atoms with Crippen molar-refractivity contribution in [3.8, 4) is 0 Å². The zero-order valence-electron chi connectivity index (χ0n) is 15.7. The summed E-state index contributed by atoms with van der Waals surface area (Å²) in [5, 5.41) is 4.63. The lowest BCUT2D eigenvalue weighted by Gasteiger charge is -2.13. The molecule has 7 heteroatoms. The second-order valence-electron chi connectivity index (χ2n) is 6.42. The smallest absolute Gasteiger partial charge is 0.262 e. The van der Waals surface area contributed by atoms with E-state index in [1.807, 2.05) is 30.3 Å². The van der Waals surface area contributed by atoms with Crippen LogP contribution in [0.3, 0.4) is 0 Å². The molecule has 28 heavy (non-hydrogen) atoms. The van der Waals surface area contributed by atoms with Crippen LogP contribution in [0.15, 0.2) is 58.5 Å². The fourth-order valence-corrected chi connectivity index (χ4v) is 3.71. The highest BCUT2D eigenvalue weighted by Crippen LogP contribution is 2.19. The Kier molecular flexibility index (Phi) is 7.12. The second kappa shape index (κ2) is 9.75. The molecule has 146 valence electrons. The van der Waals surface area contributed by atoms with E-state index in [4.69, 9.17) is 11.6 Å². The number of halogens is 1. The summed E-state index contributed by atoms with van der Waals surface area (Å²) in [4.78, 5) is 29.8. The van der Waals surface area contributed by atoms with E-state index in [2.05, 4.69) is 17.2 Å². The molecule has 0 radical (unpaired) electrons. The van der Waals surface area contributed by atoms with Gasteiger partial charge in [0.15, 0.2) is 5.16 Å². The zero-order valence-corrected chi connectivity index (χ0v) is 17.2. The van der Waals surface area contributed by atoms with E-state index in [-0.39, 0.29) is 17.2 Å². The van der Waals surface area contributed by atoms with Gasteiger partial charge in [-0.05, 0) is 36.2 Å². The SMILES string of the molecule is CCCCNC(=O)CSc1nc2ccccc2c(=O)n1Cc1ccc(Cl)cc1. The minimum Gasteiger partial charge on any atom is -0.355 e. The third-order valence-corrected chi connectivity index (χ3v) is 5.49. The molecule has 0 saturated heterocycles. The van der Waals surface area contributed by atoms with Gasteiger partial charge in [0.1, 0.15) is 0 Å². The van der Waals surface area contributed by atoms with Crippen LogP contribution in [0.25, 0.3) is 10.9 Å². The third kappa shape index (κ3) is 5.14. The maximum Gasteiger partial charge on any atom is 0.262 e. The normalized spacial score (nSPS) is 10.9. The van der Waals surface area contributed by atoms with Crippen molar-refractivity contribution in [1.29, 1.82) is 0 Å². The number of nitrogens with one attached hydrogen (secondary N) is 1. The average molecular weight is 416 g/mol. The van der Waals surface area contributed by atoms with Crippen LogP contribution in [-0.4, -0.2) is 27.8 Å². The Hall–Kier alpha value is -2.31. The summed E-state index contributed by atoms with van der Waals surface area (Å²) in [5.41, 5.74) is 1.46. The minimum absolute atomic E-state index is 0.0566. The molecule has 0 aliphatic rings. The van der Waals surface area contributed by atoms with Crippen LogP contribution in [0.4, 0.5) is 0 Å². The van der Waals surface area contributed by atoms with Gasteiger partial charge in [-0.2, -0.15) is 0 Å². The first-order valence-electron chi connectivity index (χ1n) is 9.22. The largest absolute Gasteiger partial charge is 0.355 e. The molecule has 0 aliphatic heterocycles. The maximum absolute atomic E-state index is 13.1. The van der Waals surface area contributed by atoms with Crippen molar-refractivity contribution >= 4 is 40.2 Å². The standard InChI is InChI=1S/C21H22ClN3O2S/c1-2-3-12-23-19(26)14-28-21-24-18-7-5-4-6-17(18)20(27)25(21)13-15-8-10-16(22)11-9-15/h4-11H,2-3,12-14H2,1H3,(H,23,26). The summed E-state index contributed by atoms with van der Waals surface area (Å²) >= 11 is 7.24. The number of thioether (sulfide) groups is 1. The van der Waals surface area contributed by atoms with Gasteiger partial charge in [-0.15, -0.1) is 0 Å². The molecule has 0 aliphatic carbocycles. The van der Waals surface area contributed by atoms with Crippen LogP contribution in [0.1, 0.15) is 25.3 Å². The number of hydrogen-bond acceptors (Lipinski definition) is 4. The molecule has 0 bridgehead atoms. The first-order valence-corrected chi connectivity index (χ1v) is 10.6. The van der Waals surface area contributed by atoms with Crippen LogP contribution in [0, 0.1) is 0 Å². The third-order valence-electron chi connectivity index (χ3n) is 4.27. The zero-order chi connectivity index (χ0) is 19.9. The molecule has 3 rings (SSSR count). The fraction of sp³-hybridized carbons (Fsp3) is 0.286. The number of rotatable bonds is 8. The van der Waals surface area contributed by atoms with Gasteiger partial charge < -0.3 is 5.32 Å².